The lowest BCUT2D eigenvalue weighted by molar-refractivity contribution is 0.254. The quantitative estimate of drug-likeness (QED) is 0.151. The fraction of sp³-hybridized carbons (Fsp3) is 0.333. The molecule has 250 valence electrons. The number of nitrogens with one attached hydrogen (secondary N) is 4. The van der Waals surface area contributed by atoms with E-state index in [1.807, 2.05) is 30.3 Å². The van der Waals surface area contributed by atoms with Gasteiger partial charge in [0.1, 0.15) is 18.0 Å². The van der Waals surface area contributed by atoms with Gasteiger partial charge in [0.25, 0.3) is 0 Å². The lowest BCUT2D eigenvalue weighted by Gasteiger charge is -2.16. The van der Waals surface area contributed by atoms with Crippen molar-refractivity contribution in [2.45, 2.75) is 44.9 Å². The number of hydrogen-bond acceptors (Lipinski definition) is 11. The highest BCUT2D eigenvalue weighted by Gasteiger charge is 2.21. The standard InChI is InChI=1S/C36H41ClN8O3/c1-21-12-13-24(42-21)14-38-16-32-36(47-5)45-31(19-41-32)29-11-7-10-28(34(29)37)26-8-6-9-27(22(26)2)30-18-40-33(35(44-30)46-4)17-39-15-25-20-48-23(3)43-25/h6-11,18-19,24-25,38-39,42-43H,1,3,12-17,20H2,2,4-5H3/t24-,25+/m0/s1. The number of allylic oxidation sites excluding steroid dienone is 1. The molecule has 0 unspecified atom stereocenters. The number of aromatic nitrogens is 4. The van der Waals surface area contributed by atoms with Crippen LogP contribution in [0.3, 0.4) is 0 Å². The van der Waals surface area contributed by atoms with Crippen molar-refractivity contribution < 1.29 is 14.2 Å². The zero-order chi connectivity index (χ0) is 33.6. The van der Waals surface area contributed by atoms with Crippen LogP contribution in [0.2, 0.25) is 5.02 Å². The summed E-state index contributed by atoms with van der Waals surface area (Å²) in [6.07, 6.45) is 5.61. The van der Waals surface area contributed by atoms with Gasteiger partial charge in [0, 0.05) is 54.6 Å². The van der Waals surface area contributed by atoms with E-state index in [9.17, 15) is 0 Å². The van der Waals surface area contributed by atoms with Crippen molar-refractivity contribution in [3.63, 3.8) is 0 Å². The molecule has 0 aliphatic carbocycles. The Kier molecular flexibility index (Phi) is 10.4. The van der Waals surface area contributed by atoms with Gasteiger partial charge >= 0.3 is 0 Å². The van der Waals surface area contributed by atoms with Gasteiger partial charge in [0.2, 0.25) is 11.8 Å². The van der Waals surface area contributed by atoms with Crippen LogP contribution in [0.15, 0.2) is 73.5 Å². The average Bonchev–Trinajstić information content (AvgIpc) is 3.72. The van der Waals surface area contributed by atoms with Crippen molar-refractivity contribution in [1.29, 1.82) is 0 Å². The summed E-state index contributed by atoms with van der Waals surface area (Å²) in [5.74, 6) is 1.53. The summed E-state index contributed by atoms with van der Waals surface area (Å²) in [7, 11) is 3.21. The Hall–Kier alpha value is -4.71. The zero-order valence-corrected chi connectivity index (χ0v) is 28.3. The average molecular weight is 669 g/mol. The lowest BCUT2D eigenvalue weighted by Crippen LogP contribution is -2.35. The maximum atomic E-state index is 7.12. The third-order valence-electron chi connectivity index (χ3n) is 8.58. The van der Waals surface area contributed by atoms with E-state index in [-0.39, 0.29) is 6.04 Å². The topological polar surface area (TPSA) is 127 Å². The molecule has 11 nitrogen and oxygen atoms in total. The first-order chi connectivity index (χ1) is 23.3. The second-order valence-corrected chi connectivity index (χ2v) is 12.3. The molecular weight excluding hydrogens is 628 g/mol. The lowest BCUT2D eigenvalue weighted by atomic mass is 9.93. The Morgan fingerprint density at radius 1 is 0.833 bits per heavy atom. The van der Waals surface area contributed by atoms with Crippen LogP contribution in [0.25, 0.3) is 33.6 Å². The third kappa shape index (κ3) is 7.38. The summed E-state index contributed by atoms with van der Waals surface area (Å²) < 4.78 is 16.7. The number of benzene rings is 2. The molecule has 2 aromatic carbocycles. The smallest absolute Gasteiger partial charge is 0.237 e. The minimum atomic E-state index is 0.160. The minimum absolute atomic E-state index is 0.160. The van der Waals surface area contributed by atoms with Crippen molar-refractivity contribution in [2.24, 2.45) is 0 Å². The monoisotopic (exact) mass is 668 g/mol. The number of rotatable bonds is 13. The van der Waals surface area contributed by atoms with E-state index in [2.05, 4.69) is 47.4 Å². The third-order valence-corrected chi connectivity index (χ3v) is 8.98. The molecular formula is C36H41ClN8O3. The summed E-state index contributed by atoms with van der Waals surface area (Å²) in [6.45, 7) is 13.0. The highest BCUT2D eigenvalue weighted by atomic mass is 35.5. The largest absolute Gasteiger partial charge is 0.480 e. The molecule has 12 heteroatoms. The minimum Gasteiger partial charge on any atom is -0.480 e. The Bertz CT molecular complexity index is 1690. The van der Waals surface area contributed by atoms with Crippen LogP contribution in [0.1, 0.15) is 29.8 Å². The molecule has 0 spiro atoms. The first kappa shape index (κ1) is 33.2. The molecule has 0 bridgehead atoms. The first-order valence-electron chi connectivity index (χ1n) is 16.0. The van der Waals surface area contributed by atoms with Gasteiger partial charge < -0.3 is 35.5 Å². The molecule has 2 aliphatic rings. The molecule has 4 aromatic rings. The molecule has 4 N–H and O–H groups in total. The number of ether oxygens (including phenoxy) is 3. The van der Waals surface area contributed by atoms with Crippen molar-refractivity contribution in [3.8, 4) is 45.4 Å². The Balaban J connectivity index is 1.20. The van der Waals surface area contributed by atoms with E-state index in [1.165, 1.54) is 0 Å². The van der Waals surface area contributed by atoms with Gasteiger partial charge in [-0.25, -0.2) is 9.97 Å². The molecule has 2 fully saturated rings. The molecule has 2 saturated heterocycles. The van der Waals surface area contributed by atoms with Gasteiger partial charge in [-0.3, -0.25) is 9.97 Å². The SMILES string of the molecule is C=C1CC[C@@H](CNCc2ncc(-c3cccc(-c4cccc(-c5cnc(CNC[C@@H]6COC(=C)N6)c(OC)n5)c4C)c3Cl)nc2OC)N1. The van der Waals surface area contributed by atoms with E-state index in [4.69, 9.17) is 45.7 Å². The molecule has 6 rings (SSSR count). The number of halogens is 1. The van der Waals surface area contributed by atoms with Crippen molar-refractivity contribution in [1.82, 2.24) is 41.2 Å². The van der Waals surface area contributed by atoms with Crippen LogP contribution < -0.4 is 30.7 Å². The second kappa shape index (κ2) is 15.0. The van der Waals surface area contributed by atoms with Crippen LogP contribution >= 0.6 is 11.6 Å². The Morgan fingerprint density at radius 2 is 1.42 bits per heavy atom. The van der Waals surface area contributed by atoms with Crippen LogP contribution in [0.4, 0.5) is 0 Å². The first-order valence-corrected chi connectivity index (χ1v) is 16.4. The number of methoxy groups -OCH3 is 2. The summed E-state index contributed by atoms with van der Waals surface area (Å²) in [4.78, 5) is 19.0. The highest BCUT2D eigenvalue weighted by Crippen LogP contribution is 2.39. The summed E-state index contributed by atoms with van der Waals surface area (Å²) >= 11 is 7.12. The molecule has 2 aliphatic heterocycles. The van der Waals surface area contributed by atoms with Gasteiger partial charge in [-0.1, -0.05) is 54.6 Å². The number of hydrogen-bond donors (Lipinski definition) is 4. The van der Waals surface area contributed by atoms with Crippen LogP contribution in [0.5, 0.6) is 11.8 Å². The van der Waals surface area contributed by atoms with Crippen LogP contribution in [0, 0.1) is 6.92 Å². The van der Waals surface area contributed by atoms with Gasteiger partial charge in [-0.15, -0.1) is 0 Å². The Labute approximate surface area is 286 Å². The fourth-order valence-electron chi connectivity index (χ4n) is 6.05. The van der Waals surface area contributed by atoms with Crippen LogP contribution in [-0.2, 0) is 17.8 Å². The molecule has 2 atom stereocenters. The van der Waals surface area contributed by atoms with Gasteiger partial charge in [0.05, 0.1) is 49.1 Å². The van der Waals surface area contributed by atoms with Crippen molar-refractivity contribution in [3.05, 3.63) is 95.5 Å². The van der Waals surface area contributed by atoms with Gasteiger partial charge in [-0.05, 0) is 37.5 Å². The molecule has 0 radical (unpaired) electrons. The normalized spacial score (nSPS) is 17.2. The van der Waals surface area contributed by atoms with E-state index in [0.29, 0.717) is 66.3 Å². The van der Waals surface area contributed by atoms with Gasteiger partial charge in [-0.2, -0.15) is 0 Å². The second-order valence-electron chi connectivity index (χ2n) is 11.9. The summed E-state index contributed by atoms with van der Waals surface area (Å²) in [5.41, 5.74) is 8.44. The van der Waals surface area contributed by atoms with Gasteiger partial charge in [0.15, 0.2) is 5.88 Å². The summed E-state index contributed by atoms with van der Waals surface area (Å²) in [6, 6.07) is 12.5. The molecule has 48 heavy (non-hydrogen) atoms. The Morgan fingerprint density at radius 3 is 2.00 bits per heavy atom. The fourth-order valence-corrected chi connectivity index (χ4v) is 6.38. The molecule has 0 amide bonds. The number of nitrogens with zero attached hydrogens (tertiary/aromatic N) is 4. The van der Waals surface area contributed by atoms with E-state index in [0.717, 1.165) is 64.3 Å². The predicted molar refractivity (Wildman–Crippen MR) is 188 cm³/mol. The predicted octanol–water partition coefficient (Wildman–Crippen LogP) is 5.15. The molecule has 4 heterocycles. The van der Waals surface area contributed by atoms with E-state index < -0.39 is 0 Å². The molecule has 0 saturated carbocycles. The highest BCUT2D eigenvalue weighted by molar-refractivity contribution is 6.36. The maximum Gasteiger partial charge on any atom is 0.237 e. The van der Waals surface area contributed by atoms with Crippen LogP contribution in [-0.4, -0.2) is 65.9 Å². The summed E-state index contributed by atoms with van der Waals surface area (Å²) in [5, 5.41) is 14.0. The maximum absolute atomic E-state index is 7.12. The van der Waals surface area contributed by atoms with E-state index in [1.54, 1.807) is 26.6 Å². The van der Waals surface area contributed by atoms with Crippen molar-refractivity contribution in [2.75, 3.05) is 33.9 Å². The van der Waals surface area contributed by atoms with E-state index >= 15 is 0 Å². The zero-order valence-electron chi connectivity index (χ0n) is 27.5. The molecule has 2 aromatic heterocycles. The van der Waals surface area contributed by atoms with Crippen molar-refractivity contribution >= 4 is 11.6 Å².